The zero-order valence-electron chi connectivity index (χ0n) is 16.2. The number of carbonyl (C=O) groups is 1. The third-order valence-corrected chi connectivity index (χ3v) is 4.91. The van der Waals surface area contributed by atoms with E-state index in [2.05, 4.69) is 47.1 Å². The number of rotatable bonds is 9. The molecule has 23 heavy (non-hydrogen) atoms. The Morgan fingerprint density at radius 2 is 2.00 bits per heavy atom. The van der Waals surface area contributed by atoms with E-state index in [9.17, 15) is 4.79 Å². The maximum Gasteiger partial charge on any atom is 0.220 e. The molecule has 2 N–H and O–H groups in total. The second kappa shape index (κ2) is 9.63. The van der Waals surface area contributed by atoms with E-state index in [1.54, 1.807) is 0 Å². The smallest absolute Gasteiger partial charge is 0.220 e. The Morgan fingerprint density at radius 3 is 2.57 bits per heavy atom. The highest BCUT2D eigenvalue weighted by atomic mass is 16.5. The largest absolute Gasteiger partial charge is 0.376 e. The fourth-order valence-corrected chi connectivity index (χ4v) is 3.50. The Kier molecular flexibility index (Phi) is 8.56. The molecule has 136 valence electrons. The van der Waals surface area contributed by atoms with Gasteiger partial charge < -0.3 is 15.0 Å². The Bertz CT molecular complexity index is 353. The van der Waals surface area contributed by atoms with Gasteiger partial charge in [0.05, 0.1) is 32.8 Å². The molecule has 0 unspecified atom stereocenters. The van der Waals surface area contributed by atoms with Crippen molar-refractivity contribution in [1.29, 1.82) is 0 Å². The third kappa shape index (κ3) is 8.71. The maximum atomic E-state index is 12.3. The summed E-state index contributed by atoms with van der Waals surface area (Å²) >= 11 is 0. The first-order valence-electron chi connectivity index (χ1n) is 9.39. The molecule has 0 aromatic heterocycles. The molecule has 4 heteroatoms. The molecule has 0 aromatic carbocycles. The molecule has 1 aliphatic rings. The third-order valence-electron chi connectivity index (χ3n) is 4.91. The summed E-state index contributed by atoms with van der Waals surface area (Å²) in [4.78, 5) is 13.7. The van der Waals surface area contributed by atoms with Crippen molar-refractivity contribution < 1.29 is 14.4 Å². The van der Waals surface area contributed by atoms with E-state index in [0.717, 1.165) is 39.0 Å². The molecule has 0 aromatic rings. The van der Waals surface area contributed by atoms with Crippen molar-refractivity contribution in [3.05, 3.63) is 0 Å². The van der Waals surface area contributed by atoms with Crippen LogP contribution >= 0.6 is 0 Å². The minimum atomic E-state index is -0.0379. The van der Waals surface area contributed by atoms with Gasteiger partial charge in [-0.2, -0.15) is 0 Å². The van der Waals surface area contributed by atoms with E-state index in [1.165, 1.54) is 11.3 Å². The first kappa shape index (κ1) is 20.4. The normalized spacial score (nSPS) is 22.3. The number of hydrogen-bond acceptors (Lipinski definition) is 2. The van der Waals surface area contributed by atoms with Crippen LogP contribution in [-0.2, 0) is 9.53 Å². The molecule has 1 fully saturated rings. The fourth-order valence-electron chi connectivity index (χ4n) is 3.50. The first-order valence-corrected chi connectivity index (χ1v) is 9.39. The summed E-state index contributed by atoms with van der Waals surface area (Å²) < 4.78 is 5.86. The molecular weight excluding hydrogens is 288 g/mol. The van der Waals surface area contributed by atoms with Gasteiger partial charge in [0.15, 0.2) is 0 Å². The molecule has 2 atom stereocenters. The van der Waals surface area contributed by atoms with Gasteiger partial charge in [-0.3, -0.25) is 4.79 Å². The van der Waals surface area contributed by atoms with Crippen molar-refractivity contribution in [3.8, 4) is 0 Å². The highest BCUT2D eigenvalue weighted by molar-refractivity contribution is 5.76. The monoisotopic (exact) mass is 327 g/mol. The van der Waals surface area contributed by atoms with E-state index in [-0.39, 0.29) is 11.5 Å². The average Bonchev–Trinajstić information content (AvgIpc) is 2.41. The van der Waals surface area contributed by atoms with Crippen LogP contribution in [0.4, 0.5) is 0 Å². The summed E-state index contributed by atoms with van der Waals surface area (Å²) in [6, 6.07) is 0. The van der Waals surface area contributed by atoms with Crippen LogP contribution in [0.3, 0.4) is 0 Å². The van der Waals surface area contributed by atoms with Gasteiger partial charge in [0.25, 0.3) is 0 Å². The number of hydrogen-bond donors (Lipinski definition) is 2. The topological polar surface area (TPSA) is 42.8 Å². The molecule has 0 bridgehead atoms. The lowest BCUT2D eigenvalue weighted by molar-refractivity contribution is -0.856. The second-order valence-corrected chi connectivity index (χ2v) is 8.60. The van der Waals surface area contributed by atoms with Crippen LogP contribution in [0.1, 0.15) is 59.8 Å². The van der Waals surface area contributed by atoms with Crippen LogP contribution in [0.5, 0.6) is 0 Å². The van der Waals surface area contributed by atoms with Gasteiger partial charge in [0.1, 0.15) is 0 Å². The van der Waals surface area contributed by atoms with Crippen molar-refractivity contribution in [3.63, 3.8) is 0 Å². The minimum absolute atomic E-state index is 0.0379. The van der Waals surface area contributed by atoms with E-state index in [4.69, 9.17) is 4.74 Å². The molecule has 1 amide bonds. The van der Waals surface area contributed by atoms with Gasteiger partial charge >= 0.3 is 0 Å². The number of carbonyl (C=O) groups excluding carboxylic acids is 1. The lowest BCUT2D eigenvalue weighted by Crippen LogP contribution is -3.06. The van der Waals surface area contributed by atoms with E-state index >= 15 is 0 Å². The van der Waals surface area contributed by atoms with Crippen LogP contribution in [0.2, 0.25) is 0 Å². The first-order chi connectivity index (χ1) is 10.7. The Morgan fingerprint density at radius 1 is 1.30 bits per heavy atom. The lowest BCUT2D eigenvalue weighted by Gasteiger charge is -2.39. The highest BCUT2D eigenvalue weighted by Crippen LogP contribution is 2.37. The van der Waals surface area contributed by atoms with Crippen LogP contribution in [0, 0.1) is 17.8 Å². The summed E-state index contributed by atoms with van der Waals surface area (Å²) in [5.74, 6) is 2.03. The SMILES string of the molecule is CC(C)CC[C@@H](CC(=O)NCC[NH+](C)C)[C@@H]1CCOC(C)(C)C1. The predicted octanol–water partition coefficient (Wildman–Crippen LogP) is 1.89. The maximum absolute atomic E-state index is 12.3. The van der Waals surface area contributed by atoms with Gasteiger partial charge in [0, 0.05) is 13.0 Å². The zero-order valence-corrected chi connectivity index (χ0v) is 16.2. The van der Waals surface area contributed by atoms with Crippen LogP contribution in [0.25, 0.3) is 0 Å². The summed E-state index contributed by atoms with van der Waals surface area (Å²) in [5, 5.41) is 3.10. The average molecular weight is 328 g/mol. The summed E-state index contributed by atoms with van der Waals surface area (Å²) in [6.45, 7) is 11.5. The van der Waals surface area contributed by atoms with Gasteiger partial charge in [0.2, 0.25) is 5.91 Å². The van der Waals surface area contributed by atoms with Crippen LogP contribution < -0.4 is 10.2 Å². The van der Waals surface area contributed by atoms with Crippen molar-refractivity contribution >= 4 is 5.91 Å². The number of ether oxygens (including phenoxy) is 1. The van der Waals surface area contributed by atoms with Crippen molar-refractivity contribution in [2.75, 3.05) is 33.8 Å². The number of amides is 1. The van der Waals surface area contributed by atoms with Crippen molar-refractivity contribution in [2.24, 2.45) is 17.8 Å². The Labute approximate surface area is 143 Å². The second-order valence-electron chi connectivity index (χ2n) is 8.60. The molecule has 0 saturated carbocycles. The standard InChI is InChI=1S/C19H38N2O2/c1-15(2)7-8-16(13-18(22)20-10-11-21(5)6)17-9-12-23-19(3,4)14-17/h15-17H,7-14H2,1-6H3,(H,20,22)/p+1/t16-,17+/m0/s1. The molecule has 1 heterocycles. The predicted molar refractivity (Wildman–Crippen MR) is 95.6 cm³/mol. The molecule has 0 radical (unpaired) electrons. The fraction of sp³-hybridized carbons (Fsp3) is 0.947. The number of likely N-dealkylation sites (N-methyl/N-ethyl adjacent to an activating group) is 1. The molecule has 4 nitrogen and oxygen atoms in total. The van der Waals surface area contributed by atoms with Gasteiger partial charge in [-0.05, 0) is 50.9 Å². The summed E-state index contributed by atoms with van der Waals surface area (Å²) in [5.41, 5.74) is -0.0379. The van der Waals surface area contributed by atoms with E-state index in [0.29, 0.717) is 24.2 Å². The van der Waals surface area contributed by atoms with Crippen LogP contribution in [0.15, 0.2) is 0 Å². The van der Waals surface area contributed by atoms with Gasteiger partial charge in [-0.25, -0.2) is 0 Å². The number of quaternary nitrogens is 1. The molecule has 0 aliphatic carbocycles. The van der Waals surface area contributed by atoms with Gasteiger partial charge in [-0.1, -0.05) is 20.3 Å². The Balaban J connectivity index is 2.55. The number of nitrogens with one attached hydrogen (secondary N) is 2. The van der Waals surface area contributed by atoms with E-state index in [1.807, 2.05) is 0 Å². The minimum Gasteiger partial charge on any atom is -0.376 e. The molecule has 1 aliphatic heterocycles. The summed E-state index contributed by atoms with van der Waals surface area (Å²) in [6.07, 6.45) is 5.21. The van der Waals surface area contributed by atoms with E-state index < -0.39 is 0 Å². The van der Waals surface area contributed by atoms with Crippen LogP contribution in [-0.4, -0.2) is 45.3 Å². The summed E-state index contributed by atoms with van der Waals surface area (Å²) in [7, 11) is 4.23. The molecule has 1 saturated heterocycles. The van der Waals surface area contributed by atoms with Crippen molar-refractivity contribution in [2.45, 2.75) is 65.4 Å². The van der Waals surface area contributed by atoms with Gasteiger partial charge in [-0.15, -0.1) is 0 Å². The lowest BCUT2D eigenvalue weighted by atomic mass is 9.75. The highest BCUT2D eigenvalue weighted by Gasteiger charge is 2.34. The molecule has 1 rings (SSSR count). The molecule has 0 spiro atoms. The van der Waals surface area contributed by atoms with Crippen molar-refractivity contribution in [1.82, 2.24) is 5.32 Å². The zero-order chi connectivity index (χ0) is 17.5. The Hall–Kier alpha value is -0.610. The molecular formula is C19H39N2O2+. The quantitative estimate of drug-likeness (QED) is 0.679.